The minimum absolute atomic E-state index is 0.0565. The fourth-order valence-electron chi connectivity index (χ4n) is 2.76. The maximum atomic E-state index is 13.3. The summed E-state index contributed by atoms with van der Waals surface area (Å²) in [5.74, 6) is -1.71. The topological polar surface area (TPSA) is 62.3 Å². The predicted octanol–water partition coefficient (Wildman–Crippen LogP) is 6.58. The zero-order chi connectivity index (χ0) is 24.1. The summed E-state index contributed by atoms with van der Waals surface area (Å²) in [6.45, 7) is 7.30. The first-order valence-electron chi connectivity index (χ1n) is 9.64. The lowest BCUT2D eigenvalue weighted by molar-refractivity contribution is -0.140. The van der Waals surface area contributed by atoms with Gasteiger partial charge in [0.15, 0.2) is 7.59 Å². The van der Waals surface area contributed by atoms with Crippen molar-refractivity contribution >= 4 is 92.8 Å². The average Bonchev–Trinajstić information content (AvgIpc) is 3.15. The summed E-state index contributed by atoms with van der Waals surface area (Å²) in [5.41, 5.74) is 0. The molecule has 0 saturated heterocycles. The molecule has 1 aromatic heterocycles. The van der Waals surface area contributed by atoms with E-state index in [9.17, 15) is 9.59 Å². The van der Waals surface area contributed by atoms with Crippen molar-refractivity contribution < 1.29 is 9.59 Å². The minimum atomic E-state index is -1.60. The van der Waals surface area contributed by atoms with E-state index >= 15 is 0 Å². The van der Waals surface area contributed by atoms with E-state index < -0.39 is 25.5 Å². The van der Waals surface area contributed by atoms with Crippen LogP contribution in [0.2, 0.25) is 0 Å². The zero-order valence-corrected chi connectivity index (χ0v) is 23.2. The third-order valence-corrected chi connectivity index (χ3v) is 8.11. The molecule has 5 nitrogen and oxygen atoms in total. The van der Waals surface area contributed by atoms with Crippen LogP contribution in [0.4, 0.5) is 0 Å². The molecule has 0 aliphatic rings. The number of thiazole rings is 1. The number of halogens is 6. The number of hydrogen-bond donors (Lipinski definition) is 1. The van der Waals surface area contributed by atoms with Crippen molar-refractivity contribution in [2.75, 3.05) is 7.05 Å². The van der Waals surface area contributed by atoms with Gasteiger partial charge in [-0.1, -0.05) is 97.3 Å². The molecular weight excluding hydrogens is 547 g/mol. The molecule has 4 atom stereocenters. The highest BCUT2D eigenvalue weighted by atomic mass is 35.6. The highest BCUT2D eigenvalue weighted by Gasteiger charge is 2.38. The number of rotatable bonds is 9. The summed E-state index contributed by atoms with van der Waals surface area (Å²) in [6.07, 6.45) is 1.76. The van der Waals surface area contributed by atoms with Gasteiger partial charge in [0.05, 0.1) is 6.04 Å². The Bertz CT molecular complexity index is 721. The smallest absolute Gasteiger partial charge is 0.243 e. The second kappa shape index (κ2) is 12.1. The second-order valence-corrected chi connectivity index (χ2v) is 13.6. The van der Waals surface area contributed by atoms with E-state index in [0.29, 0.717) is 0 Å². The Hall–Kier alpha value is 0.310. The second-order valence-electron chi connectivity index (χ2n) is 7.95. The molecule has 12 heteroatoms. The molecule has 178 valence electrons. The summed E-state index contributed by atoms with van der Waals surface area (Å²) in [5, 5.41) is 5.62. The van der Waals surface area contributed by atoms with Crippen molar-refractivity contribution in [1.29, 1.82) is 0 Å². The molecule has 0 aliphatic heterocycles. The molecule has 1 rings (SSSR count). The Balaban J connectivity index is 3.12. The molecule has 0 aromatic carbocycles. The van der Waals surface area contributed by atoms with Gasteiger partial charge in [-0.2, -0.15) is 0 Å². The third kappa shape index (κ3) is 9.23. The quantitative estimate of drug-likeness (QED) is 0.340. The predicted molar refractivity (Wildman–Crippen MR) is 133 cm³/mol. The van der Waals surface area contributed by atoms with Crippen LogP contribution in [0.15, 0.2) is 11.6 Å². The number of hydrogen-bond acceptors (Lipinski definition) is 4. The zero-order valence-electron chi connectivity index (χ0n) is 17.8. The van der Waals surface area contributed by atoms with Gasteiger partial charge < -0.3 is 10.2 Å². The lowest BCUT2D eigenvalue weighted by Crippen LogP contribution is -2.51. The number of nitrogens with one attached hydrogen (secondary N) is 1. The molecule has 0 spiro atoms. The van der Waals surface area contributed by atoms with Crippen molar-refractivity contribution in [2.24, 2.45) is 17.8 Å². The van der Waals surface area contributed by atoms with Crippen LogP contribution in [0, 0.1) is 17.8 Å². The number of carbonyl (C=O) groups excluding carboxylic acids is 2. The molecule has 0 fully saturated rings. The van der Waals surface area contributed by atoms with Crippen LogP contribution in [-0.4, -0.2) is 42.4 Å². The molecule has 4 unspecified atom stereocenters. The number of carbonyl (C=O) groups is 2. The van der Waals surface area contributed by atoms with E-state index in [1.165, 1.54) is 23.3 Å². The highest BCUT2D eigenvalue weighted by Crippen LogP contribution is 2.39. The van der Waals surface area contributed by atoms with Gasteiger partial charge in [-0.15, -0.1) is 11.3 Å². The molecule has 1 heterocycles. The summed E-state index contributed by atoms with van der Waals surface area (Å²) >= 11 is 37.2. The Morgan fingerprint density at radius 3 is 2.03 bits per heavy atom. The molecule has 1 aromatic rings. The minimum Gasteiger partial charge on any atom is -0.345 e. The van der Waals surface area contributed by atoms with E-state index in [4.69, 9.17) is 69.6 Å². The summed E-state index contributed by atoms with van der Waals surface area (Å²) in [7, 11) is 1.52. The van der Waals surface area contributed by atoms with Gasteiger partial charge >= 0.3 is 0 Å². The van der Waals surface area contributed by atoms with Crippen molar-refractivity contribution in [3.8, 4) is 0 Å². The molecule has 0 aliphatic carbocycles. The van der Waals surface area contributed by atoms with Crippen molar-refractivity contribution in [3.63, 3.8) is 0 Å². The van der Waals surface area contributed by atoms with Gasteiger partial charge in [0.25, 0.3) is 0 Å². The van der Waals surface area contributed by atoms with Crippen LogP contribution < -0.4 is 5.32 Å². The Kier molecular flexibility index (Phi) is 11.5. The lowest BCUT2D eigenvalue weighted by atomic mass is 9.98. The fraction of sp³-hybridized carbons (Fsp3) is 0.737. The van der Waals surface area contributed by atoms with E-state index in [1.807, 2.05) is 19.2 Å². The Morgan fingerprint density at radius 1 is 1.06 bits per heavy atom. The van der Waals surface area contributed by atoms with Gasteiger partial charge in [-0.3, -0.25) is 9.59 Å². The Morgan fingerprint density at radius 2 is 1.61 bits per heavy atom. The number of nitrogens with zero attached hydrogens (tertiary/aromatic N) is 2. The highest BCUT2D eigenvalue weighted by molar-refractivity contribution is 7.09. The third-order valence-electron chi connectivity index (χ3n) is 5.02. The monoisotopic (exact) mass is 571 g/mol. The van der Waals surface area contributed by atoms with Gasteiger partial charge in [-0.25, -0.2) is 4.98 Å². The standard InChI is InChI=1S/C19H27Cl6N3O2S/c1-10(2)15(17-26-6-7-31-17)27-16(30)13(8-11(3)18(20,21)22)28(5)14(29)9-12(4)19(23,24)25/h6-7,10-13,15H,8-9H2,1-5H3,(H,27,30). The molecule has 1 N–H and O–H groups in total. The van der Waals surface area contributed by atoms with Crippen molar-refractivity contribution in [2.45, 2.75) is 60.2 Å². The average molecular weight is 574 g/mol. The maximum Gasteiger partial charge on any atom is 0.243 e. The molecule has 0 bridgehead atoms. The van der Waals surface area contributed by atoms with Gasteiger partial charge in [0.1, 0.15) is 11.0 Å². The number of alkyl halides is 6. The Labute approximate surface area is 218 Å². The molecule has 31 heavy (non-hydrogen) atoms. The number of aromatic nitrogens is 1. The van der Waals surface area contributed by atoms with Crippen LogP contribution in [0.25, 0.3) is 0 Å². The van der Waals surface area contributed by atoms with E-state index in [-0.39, 0.29) is 36.6 Å². The van der Waals surface area contributed by atoms with Crippen LogP contribution in [0.3, 0.4) is 0 Å². The summed E-state index contributed by atoms with van der Waals surface area (Å²) in [6, 6.07) is -1.21. The molecule has 0 radical (unpaired) electrons. The number of likely N-dealkylation sites (N-methyl/N-ethyl adjacent to an activating group) is 1. The molecule has 0 saturated carbocycles. The lowest BCUT2D eigenvalue weighted by Gasteiger charge is -2.34. The first-order valence-corrected chi connectivity index (χ1v) is 12.8. The van der Waals surface area contributed by atoms with Gasteiger partial charge in [0, 0.05) is 36.9 Å². The van der Waals surface area contributed by atoms with Crippen molar-refractivity contribution in [3.05, 3.63) is 16.6 Å². The summed E-state index contributed by atoms with van der Waals surface area (Å²) in [4.78, 5) is 31.8. The van der Waals surface area contributed by atoms with Gasteiger partial charge in [0.2, 0.25) is 11.8 Å². The SMILES string of the molecule is CC(C)C(NC(=O)C(CC(C)C(Cl)(Cl)Cl)N(C)C(=O)CC(C)C(Cl)(Cl)Cl)c1nccs1. The summed E-state index contributed by atoms with van der Waals surface area (Å²) < 4.78 is -3.20. The van der Waals surface area contributed by atoms with Crippen LogP contribution in [-0.2, 0) is 9.59 Å². The number of amides is 2. The maximum absolute atomic E-state index is 13.3. The fourth-order valence-corrected chi connectivity index (χ4v) is 4.12. The van der Waals surface area contributed by atoms with E-state index in [1.54, 1.807) is 20.0 Å². The van der Waals surface area contributed by atoms with Crippen molar-refractivity contribution in [1.82, 2.24) is 15.2 Å². The van der Waals surface area contributed by atoms with Gasteiger partial charge in [-0.05, 0) is 12.3 Å². The largest absolute Gasteiger partial charge is 0.345 e. The first-order chi connectivity index (χ1) is 14.1. The normalized spacial score (nSPS) is 16.5. The van der Waals surface area contributed by atoms with E-state index in [0.717, 1.165) is 5.01 Å². The van der Waals surface area contributed by atoms with Crippen LogP contribution >= 0.6 is 80.9 Å². The van der Waals surface area contributed by atoms with Crippen LogP contribution in [0.5, 0.6) is 0 Å². The first kappa shape index (κ1) is 29.3. The molecule has 2 amide bonds. The van der Waals surface area contributed by atoms with E-state index in [2.05, 4.69) is 10.3 Å². The molecular formula is C19H27Cl6N3O2S. The van der Waals surface area contributed by atoms with Crippen LogP contribution in [0.1, 0.15) is 51.6 Å².